The Morgan fingerprint density at radius 3 is 1.20 bits per heavy atom. The van der Waals surface area contributed by atoms with Crippen LogP contribution in [0.25, 0.3) is 0 Å². The SMILES string of the molecule is C[C@H](NC(=O)[C@H](C)NC(=O)[C@H](CCCN=C(N)N)NC(=O)[C@H](CCCCN)NC(=O)[C@H](N)CCCCN)C(=O)N[C@H](CCCN=C(N)N)C(=O)N[C@H](C)C(=O)N[C@H](C(=O)N[C@@H](CO)C(N)=O)[C@@H](C)O. The second kappa shape index (κ2) is 33.9. The fourth-order valence-electron chi connectivity index (χ4n) is 6.11. The number of nitrogens with two attached hydrogens (primary N) is 8. The molecule has 29 heteroatoms. The summed E-state index contributed by atoms with van der Waals surface area (Å²) in [5.41, 5.74) is 44.1. The normalized spacial score (nSPS) is 15.3. The standard InChI is InChI=1S/C40H78N18O11/c1-20(52-36(67)27(14-10-18-50-40(47)48)56-37(68)25(12-6-8-16-42)55-34(65)24(43)11-5-7-15-41)31(62)51-21(2)32(63)54-26(13-9-17-49-39(45)46)35(66)53-22(3)33(64)58-29(23(4)60)38(69)57-28(19-59)30(44)61/h20-29,59-60H,5-19,41-43H2,1-4H3,(H2,44,61)(H,51,62)(H,52,67)(H,53,66)(H,54,63)(H,55,65)(H,56,68)(H,57,69)(H,58,64)(H4,45,46,49)(H4,47,48,50)/t20-,21-,22+,23+,24+,25-,26+,27-,28-,29-/m0/s1. The Hall–Kier alpha value is -6.43. The van der Waals surface area contributed by atoms with Crippen molar-refractivity contribution in [3.8, 4) is 0 Å². The number of hydrogen-bond donors (Lipinski definition) is 18. The van der Waals surface area contributed by atoms with Crippen molar-refractivity contribution in [2.45, 2.75) is 152 Å². The first-order chi connectivity index (χ1) is 32.4. The number of aliphatic imine (C=N–C) groups is 2. The van der Waals surface area contributed by atoms with Crippen LogP contribution in [-0.2, 0) is 43.2 Å². The zero-order chi connectivity index (χ0) is 52.8. The van der Waals surface area contributed by atoms with Crippen LogP contribution in [0.4, 0.5) is 0 Å². The van der Waals surface area contributed by atoms with Crippen LogP contribution in [-0.4, -0.2) is 169 Å². The molecule has 0 aliphatic heterocycles. The smallest absolute Gasteiger partial charge is 0.245 e. The topological polar surface area (TPSA) is 523 Å². The number of carbonyl (C=O) groups excluding carboxylic acids is 9. The van der Waals surface area contributed by atoms with Gasteiger partial charge in [-0.15, -0.1) is 0 Å². The molecule has 0 unspecified atom stereocenters. The number of unbranched alkanes of at least 4 members (excludes halogenated alkanes) is 2. The number of rotatable bonds is 35. The molecule has 0 heterocycles. The molecule has 0 aromatic heterocycles. The highest BCUT2D eigenvalue weighted by atomic mass is 16.3. The first-order valence-electron chi connectivity index (χ1n) is 22.7. The Labute approximate surface area is 401 Å². The molecule has 26 N–H and O–H groups in total. The van der Waals surface area contributed by atoms with Crippen molar-refractivity contribution in [1.82, 2.24) is 42.5 Å². The highest BCUT2D eigenvalue weighted by Gasteiger charge is 2.33. The third-order valence-corrected chi connectivity index (χ3v) is 10.2. The van der Waals surface area contributed by atoms with E-state index in [-0.39, 0.29) is 57.1 Å². The maximum Gasteiger partial charge on any atom is 0.245 e. The van der Waals surface area contributed by atoms with E-state index in [1.807, 2.05) is 0 Å². The van der Waals surface area contributed by atoms with Crippen molar-refractivity contribution in [2.75, 3.05) is 32.8 Å². The van der Waals surface area contributed by atoms with Crippen molar-refractivity contribution in [3.63, 3.8) is 0 Å². The average molecular weight is 987 g/mol. The van der Waals surface area contributed by atoms with E-state index in [4.69, 9.17) is 45.9 Å². The van der Waals surface area contributed by atoms with Crippen LogP contribution < -0.4 is 88.4 Å². The zero-order valence-corrected chi connectivity index (χ0v) is 40.0. The molecule has 0 radical (unpaired) electrons. The van der Waals surface area contributed by atoms with Crippen LogP contribution in [0.2, 0.25) is 0 Å². The summed E-state index contributed by atoms with van der Waals surface area (Å²) >= 11 is 0. The highest BCUT2D eigenvalue weighted by molar-refractivity contribution is 5.98. The summed E-state index contributed by atoms with van der Waals surface area (Å²) in [6.07, 6.45) is 1.52. The summed E-state index contributed by atoms with van der Waals surface area (Å²) in [5, 5.41) is 39.0. The third kappa shape index (κ3) is 26.1. The number of aliphatic hydroxyl groups excluding tert-OH is 2. The predicted octanol–water partition coefficient (Wildman–Crippen LogP) is -8.52. The van der Waals surface area contributed by atoms with Gasteiger partial charge in [-0.3, -0.25) is 53.1 Å². The molecule has 0 aliphatic rings. The van der Waals surface area contributed by atoms with Crippen LogP contribution in [0.3, 0.4) is 0 Å². The van der Waals surface area contributed by atoms with Gasteiger partial charge in [-0.25, -0.2) is 0 Å². The van der Waals surface area contributed by atoms with E-state index in [2.05, 4.69) is 52.5 Å². The number of nitrogens with one attached hydrogen (secondary N) is 8. The van der Waals surface area contributed by atoms with E-state index in [1.165, 1.54) is 20.8 Å². The molecule has 0 saturated carbocycles. The molecular formula is C40H78N18O11. The molecule has 0 fully saturated rings. The maximum atomic E-state index is 13.7. The predicted molar refractivity (Wildman–Crippen MR) is 254 cm³/mol. The quantitative estimate of drug-likeness (QED) is 0.0159. The van der Waals surface area contributed by atoms with Gasteiger partial charge in [0, 0.05) is 13.1 Å². The minimum Gasteiger partial charge on any atom is -0.394 e. The van der Waals surface area contributed by atoms with Gasteiger partial charge in [-0.05, 0) is 98.6 Å². The average Bonchev–Trinajstić information content (AvgIpc) is 3.27. The Morgan fingerprint density at radius 2 is 0.797 bits per heavy atom. The highest BCUT2D eigenvalue weighted by Crippen LogP contribution is 2.08. The van der Waals surface area contributed by atoms with Crippen LogP contribution in [0.5, 0.6) is 0 Å². The van der Waals surface area contributed by atoms with Gasteiger partial charge in [0.2, 0.25) is 53.2 Å². The van der Waals surface area contributed by atoms with Gasteiger partial charge in [0.15, 0.2) is 11.9 Å². The fourth-order valence-corrected chi connectivity index (χ4v) is 6.11. The monoisotopic (exact) mass is 987 g/mol. The Kier molecular flexibility index (Phi) is 30.8. The minimum atomic E-state index is -1.65. The van der Waals surface area contributed by atoms with Gasteiger partial charge < -0.3 is 98.6 Å². The summed E-state index contributed by atoms with van der Waals surface area (Å²) < 4.78 is 0. The van der Waals surface area contributed by atoms with E-state index in [9.17, 15) is 53.4 Å². The van der Waals surface area contributed by atoms with E-state index >= 15 is 0 Å². The van der Waals surface area contributed by atoms with Crippen molar-refractivity contribution < 1.29 is 53.4 Å². The van der Waals surface area contributed by atoms with Gasteiger partial charge in [0.1, 0.15) is 48.3 Å². The maximum absolute atomic E-state index is 13.7. The van der Waals surface area contributed by atoms with Crippen LogP contribution in [0.1, 0.15) is 91.9 Å². The summed E-state index contributed by atoms with van der Waals surface area (Å²) in [7, 11) is 0. The molecule has 0 bridgehead atoms. The molecule has 69 heavy (non-hydrogen) atoms. The number of nitrogens with zero attached hydrogens (tertiary/aromatic N) is 2. The minimum absolute atomic E-state index is 0.00500. The number of aliphatic hydroxyl groups is 2. The lowest BCUT2D eigenvalue weighted by atomic mass is 10.0. The molecule has 0 aliphatic carbocycles. The fraction of sp³-hybridized carbons (Fsp3) is 0.725. The number of guanidine groups is 2. The first-order valence-corrected chi connectivity index (χ1v) is 22.7. The zero-order valence-electron chi connectivity index (χ0n) is 40.0. The van der Waals surface area contributed by atoms with E-state index in [1.54, 1.807) is 0 Å². The summed E-state index contributed by atoms with van der Waals surface area (Å²) in [5.74, 6) is -8.20. The van der Waals surface area contributed by atoms with E-state index in [0.29, 0.717) is 45.2 Å². The van der Waals surface area contributed by atoms with Gasteiger partial charge in [-0.1, -0.05) is 6.42 Å². The van der Waals surface area contributed by atoms with Crippen LogP contribution in [0, 0.1) is 0 Å². The molecule has 0 aromatic carbocycles. The first kappa shape index (κ1) is 62.6. The van der Waals surface area contributed by atoms with Gasteiger partial charge in [0.05, 0.1) is 18.8 Å². The summed E-state index contributed by atoms with van der Waals surface area (Å²) in [4.78, 5) is 126. The Balaban J connectivity index is 6.07. The Morgan fingerprint density at radius 1 is 0.449 bits per heavy atom. The molecule has 0 saturated heterocycles. The summed E-state index contributed by atoms with van der Waals surface area (Å²) in [6.45, 7) is 5.04. The van der Waals surface area contributed by atoms with Gasteiger partial charge in [0.25, 0.3) is 0 Å². The Bertz CT molecular complexity index is 1750. The van der Waals surface area contributed by atoms with Crippen molar-refractivity contribution >= 4 is 65.1 Å². The molecule has 10 atom stereocenters. The van der Waals surface area contributed by atoms with E-state index < -0.39 is 120 Å². The third-order valence-electron chi connectivity index (χ3n) is 10.2. The lowest BCUT2D eigenvalue weighted by molar-refractivity contribution is -0.136. The van der Waals surface area contributed by atoms with Gasteiger partial charge in [-0.2, -0.15) is 0 Å². The number of amides is 9. The van der Waals surface area contributed by atoms with Crippen molar-refractivity contribution in [2.24, 2.45) is 55.9 Å². The second-order valence-corrected chi connectivity index (χ2v) is 16.3. The molecule has 9 amide bonds. The molecule has 0 aromatic rings. The molecule has 394 valence electrons. The largest absolute Gasteiger partial charge is 0.394 e. The van der Waals surface area contributed by atoms with Gasteiger partial charge >= 0.3 is 0 Å². The van der Waals surface area contributed by atoms with Crippen LogP contribution >= 0.6 is 0 Å². The number of hydrogen-bond acceptors (Lipinski definition) is 16. The van der Waals surface area contributed by atoms with Crippen molar-refractivity contribution in [3.05, 3.63) is 0 Å². The lowest BCUT2D eigenvalue weighted by Crippen LogP contribution is -2.61. The van der Waals surface area contributed by atoms with Crippen LogP contribution in [0.15, 0.2) is 9.98 Å². The molecule has 0 rings (SSSR count). The molecular weight excluding hydrogens is 909 g/mol. The lowest BCUT2D eigenvalue weighted by Gasteiger charge is -2.26. The van der Waals surface area contributed by atoms with E-state index in [0.717, 1.165) is 6.92 Å². The summed E-state index contributed by atoms with van der Waals surface area (Å²) in [6, 6.07) is -11.8. The molecule has 29 nitrogen and oxygen atoms in total. The second-order valence-electron chi connectivity index (χ2n) is 16.3. The number of primary amides is 1. The molecule has 0 spiro atoms. The number of carbonyl (C=O) groups is 9. The van der Waals surface area contributed by atoms with Crippen molar-refractivity contribution in [1.29, 1.82) is 0 Å².